The van der Waals surface area contributed by atoms with Gasteiger partial charge in [-0.05, 0) is 62.2 Å². The van der Waals surface area contributed by atoms with Crippen molar-refractivity contribution in [1.29, 1.82) is 0 Å². The summed E-state index contributed by atoms with van der Waals surface area (Å²) in [6.45, 7) is 6.17. The van der Waals surface area contributed by atoms with Gasteiger partial charge in [0, 0.05) is 23.5 Å². The second-order valence-electron chi connectivity index (χ2n) is 9.13. The molecular formula is C20H29NO3. The predicted molar refractivity (Wildman–Crippen MR) is 90.8 cm³/mol. The lowest BCUT2D eigenvalue weighted by molar-refractivity contribution is -0.143. The molecule has 2 N–H and O–H groups in total. The molecule has 0 spiro atoms. The summed E-state index contributed by atoms with van der Waals surface area (Å²) in [4.78, 5) is 24.0. The highest BCUT2D eigenvalue weighted by molar-refractivity contribution is 5.80. The van der Waals surface area contributed by atoms with E-state index in [9.17, 15) is 14.7 Å². The topological polar surface area (TPSA) is 66.4 Å². The highest BCUT2D eigenvalue weighted by Crippen LogP contribution is 2.65. The summed E-state index contributed by atoms with van der Waals surface area (Å²) in [6.07, 6.45) is 6.89. The van der Waals surface area contributed by atoms with Gasteiger partial charge in [-0.25, -0.2) is 0 Å². The van der Waals surface area contributed by atoms with Gasteiger partial charge in [-0.1, -0.05) is 19.9 Å². The molecule has 2 saturated carbocycles. The van der Waals surface area contributed by atoms with Crippen LogP contribution in [0.4, 0.5) is 0 Å². The van der Waals surface area contributed by atoms with E-state index in [1.165, 1.54) is 0 Å². The van der Waals surface area contributed by atoms with Crippen LogP contribution in [0.15, 0.2) is 11.8 Å². The minimum Gasteiger partial charge on any atom is -0.393 e. The van der Waals surface area contributed by atoms with E-state index in [1.807, 2.05) is 0 Å². The lowest BCUT2D eigenvalue weighted by Gasteiger charge is -2.58. The Labute approximate surface area is 144 Å². The van der Waals surface area contributed by atoms with Crippen molar-refractivity contribution in [2.24, 2.45) is 34.5 Å². The second-order valence-corrected chi connectivity index (χ2v) is 9.13. The van der Waals surface area contributed by atoms with Gasteiger partial charge >= 0.3 is 0 Å². The number of aliphatic hydroxyl groups excluding tert-OH is 1. The molecule has 3 fully saturated rings. The molecule has 0 aromatic heterocycles. The molecule has 4 heteroatoms. The first-order valence-electron chi connectivity index (χ1n) is 9.46. The van der Waals surface area contributed by atoms with E-state index in [2.05, 4.69) is 25.2 Å². The van der Waals surface area contributed by atoms with Crippen LogP contribution >= 0.6 is 0 Å². The molecular weight excluding hydrogens is 302 g/mol. The summed E-state index contributed by atoms with van der Waals surface area (Å²) in [5.41, 5.74) is 0.835. The molecule has 24 heavy (non-hydrogen) atoms. The minimum atomic E-state index is -0.389. The van der Waals surface area contributed by atoms with Gasteiger partial charge in [-0.3, -0.25) is 9.59 Å². The number of fused-ring (bicyclic) bond motifs is 5. The molecule has 0 aromatic carbocycles. The number of aliphatic hydroxyl groups is 1. The number of ketones is 1. The largest absolute Gasteiger partial charge is 0.393 e. The van der Waals surface area contributed by atoms with Crippen LogP contribution in [0.3, 0.4) is 0 Å². The van der Waals surface area contributed by atoms with E-state index in [1.54, 1.807) is 6.92 Å². The zero-order chi connectivity index (χ0) is 17.3. The van der Waals surface area contributed by atoms with Crippen LogP contribution in [-0.4, -0.2) is 22.9 Å². The van der Waals surface area contributed by atoms with E-state index in [-0.39, 0.29) is 40.5 Å². The van der Waals surface area contributed by atoms with Crippen LogP contribution < -0.4 is 5.32 Å². The number of carbonyl (C=O) groups is 2. The summed E-state index contributed by atoms with van der Waals surface area (Å²) in [5, 5.41) is 14.2. The van der Waals surface area contributed by atoms with Crippen molar-refractivity contribution in [2.45, 2.75) is 65.4 Å². The Hall–Kier alpha value is -1.16. The molecule has 1 heterocycles. The van der Waals surface area contributed by atoms with E-state index in [0.29, 0.717) is 18.3 Å². The van der Waals surface area contributed by atoms with Crippen LogP contribution in [0.25, 0.3) is 0 Å². The third-order valence-corrected chi connectivity index (χ3v) is 8.03. The molecule has 0 bridgehead atoms. The van der Waals surface area contributed by atoms with Crippen LogP contribution in [0, 0.1) is 34.5 Å². The molecule has 1 amide bonds. The van der Waals surface area contributed by atoms with Crippen molar-refractivity contribution >= 4 is 11.7 Å². The van der Waals surface area contributed by atoms with Crippen molar-refractivity contribution in [2.75, 3.05) is 0 Å². The van der Waals surface area contributed by atoms with Crippen molar-refractivity contribution in [3.63, 3.8) is 0 Å². The fraction of sp³-hybridized carbons (Fsp3) is 0.800. The van der Waals surface area contributed by atoms with Gasteiger partial charge in [0.2, 0.25) is 5.91 Å². The summed E-state index contributed by atoms with van der Waals surface area (Å²) >= 11 is 0. The highest BCUT2D eigenvalue weighted by Gasteiger charge is 2.62. The second kappa shape index (κ2) is 5.17. The Kier molecular flexibility index (Phi) is 3.51. The van der Waals surface area contributed by atoms with Crippen molar-refractivity contribution in [3.05, 3.63) is 11.8 Å². The number of rotatable bonds is 1. The Balaban J connectivity index is 1.73. The maximum Gasteiger partial charge on any atom is 0.224 e. The molecule has 0 radical (unpaired) electrons. The van der Waals surface area contributed by atoms with Crippen LogP contribution in [0.1, 0.15) is 59.3 Å². The lowest BCUT2D eigenvalue weighted by atomic mass is 9.48. The first kappa shape index (κ1) is 16.3. The maximum absolute atomic E-state index is 12.2. The molecule has 7 unspecified atom stereocenters. The molecule has 4 rings (SSSR count). The first-order valence-corrected chi connectivity index (χ1v) is 9.46. The molecule has 1 saturated heterocycles. The standard InChI is InChI=1S/C20H29NO3/c1-11(22)13-5-6-14-12-4-7-16-19(2,9-8-17(24)21-16)18(12)15(23)10-20(13,14)3/h7,12-15,18,23H,4-6,8-10H2,1-3H3,(H,21,24). The first-order chi connectivity index (χ1) is 11.3. The molecule has 7 atom stereocenters. The van der Waals surface area contributed by atoms with Crippen LogP contribution in [-0.2, 0) is 9.59 Å². The van der Waals surface area contributed by atoms with Crippen molar-refractivity contribution in [1.82, 2.24) is 5.32 Å². The zero-order valence-corrected chi connectivity index (χ0v) is 15.0. The summed E-state index contributed by atoms with van der Waals surface area (Å²) < 4.78 is 0. The van der Waals surface area contributed by atoms with Gasteiger partial charge in [-0.15, -0.1) is 0 Å². The van der Waals surface area contributed by atoms with Crippen molar-refractivity contribution < 1.29 is 14.7 Å². The predicted octanol–water partition coefficient (Wildman–Crippen LogP) is 2.81. The zero-order valence-electron chi connectivity index (χ0n) is 15.0. The third-order valence-electron chi connectivity index (χ3n) is 8.03. The fourth-order valence-electron chi connectivity index (χ4n) is 7.00. The van der Waals surface area contributed by atoms with Gasteiger partial charge in [0.25, 0.3) is 0 Å². The Morgan fingerprint density at radius 3 is 2.79 bits per heavy atom. The number of carbonyl (C=O) groups excluding carboxylic acids is 2. The number of allylic oxidation sites excluding steroid dienone is 2. The fourth-order valence-corrected chi connectivity index (χ4v) is 7.00. The van der Waals surface area contributed by atoms with Gasteiger partial charge in [-0.2, -0.15) is 0 Å². The quantitative estimate of drug-likeness (QED) is 0.776. The summed E-state index contributed by atoms with van der Waals surface area (Å²) in [6, 6.07) is 0. The number of amides is 1. The number of piperidine rings is 1. The number of hydrogen-bond acceptors (Lipinski definition) is 3. The lowest BCUT2D eigenvalue weighted by Crippen LogP contribution is -2.58. The highest BCUT2D eigenvalue weighted by atomic mass is 16.3. The van der Waals surface area contributed by atoms with E-state index in [0.717, 1.165) is 37.8 Å². The SMILES string of the molecule is CC(=O)C1CCC2C3CC=C4NC(=O)CCC4(C)C3C(O)CC12C. The van der Waals surface area contributed by atoms with E-state index < -0.39 is 0 Å². The Morgan fingerprint density at radius 1 is 1.33 bits per heavy atom. The molecule has 132 valence electrons. The van der Waals surface area contributed by atoms with E-state index >= 15 is 0 Å². The summed E-state index contributed by atoms with van der Waals surface area (Å²) in [5.74, 6) is 1.61. The molecule has 3 aliphatic carbocycles. The molecule has 4 aliphatic rings. The number of hydrogen-bond donors (Lipinski definition) is 2. The van der Waals surface area contributed by atoms with E-state index in [4.69, 9.17) is 0 Å². The maximum atomic E-state index is 12.2. The minimum absolute atomic E-state index is 0.0635. The van der Waals surface area contributed by atoms with Gasteiger partial charge in [0.1, 0.15) is 5.78 Å². The Morgan fingerprint density at radius 2 is 2.08 bits per heavy atom. The average molecular weight is 331 g/mol. The summed E-state index contributed by atoms with van der Waals surface area (Å²) in [7, 11) is 0. The van der Waals surface area contributed by atoms with Gasteiger partial charge in [0.15, 0.2) is 0 Å². The van der Waals surface area contributed by atoms with Crippen molar-refractivity contribution in [3.8, 4) is 0 Å². The monoisotopic (exact) mass is 331 g/mol. The smallest absolute Gasteiger partial charge is 0.224 e. The molecule has 0 aromatic rings. The van der Waals surface area contributed by atoms with Gasteiger partial charge in [0.05, 0.1) is 6.10 Å². The normalized spacial score (nSPS) is 50.2. The average Bonchev–Trinajstić information content (AvgIpc) is 2.84. The van der Waals surface area contributed by atoms with Crippen LogP contribution in [0.5, 0.6) is 0 Å². The third kappa shape index (κ3) is 2.01. The number of Topliss-reactive ketones (excluding diaryl/α,β-unsaturated/α-hetero) is 1. The number of nitrogens with one attached hydrogen (secondary N) is 1. The molecule has 1 aliphatic heterocycles. The van der Waals surface area contributed by atoms with Crippen LogP contribution in [0.2, 0.25) is 0 Å². The Bertz CT molecular complexity index is 626. The molecule has 4 nitrogen and oxygen atoms in total. The van der Waals surface area contributed by atoms with Gasteiger partial charge < -0.3 is 10.4 Å².